The van der Waals surface area contributed by atoms with E-state index in [-0.39, 0.29) is 5.91 Å². The lowest BCUT2D eigenvalue weighted by atomic mass is 9.86. The van der Waals surface area contributed by atoms with Gasteiger partial charge in [-0.05, 0) is 75.1 Å². The number of ether oxygens (including phenoxy) is 2. The molecule has 1 unspecified atom stereocenters. The maximum absolute atomic E-state index is 13.7. The van der Waals surface area contributed by atoms with E-state index in [1.54, 1.807) is 7.11 Å². The molecule has 5 rings (SSSR count). The second-order valence-corrected chi connectivity index (χ2v) is 11.5. The molecule has 2 aromatic rings. The summed E-state index contributed by atoms with van der Waals surface area (Å²) in [6.07, 6.45) is 7.96. The summed E-state index contributed by atoms with van der Waals surface area (Å²) < 4.78 is 12.2. The van der Waals surface area contributed by atoms with Crippen LogP contribution in [0.25, 0.3) is 0 Å². The van der Waals surface area contributed by atoms with Crippen LogP contribution >= 0.6 is 12.2 Å². The van der Waals surface area contributed by atoms with Gasteiger partial charge in [-0.1, -0.05) is 30.4 Å². The number of benzene rings is 2. The van der Waals surface area contributed by atoms with Crippen molar-refractivity contribution >= 4 is 40.2 Å². The molecule has 210 valence electrons. The average Bonchev–Trinajstić information content (AvgIpc) is 2.96. The van der Waals surface area contributed by atoms with E-state index in [9.17, 15) is 4.79 Å². The Morgan fingerprint density at radius 1 is 1.07 bits per heavy atom. The quantitative estimate of drug-likeness (QED) is 0.279. The lowest BCUT2D eigenvalue weighted by Crippen LogP contribution is -2.57. The Kier molecular flexibility index (Phi) is 7.73. The van der Waals surface area contributed by atoms with E-state index in [4.69, 9.17) is 27.1 Å². The summed E-state index contributed by atoms with van der Waals surface area (Å²) in [5.41, 5.74) is 6.20. The largest absolute Gasteiger partial charge is 0.496 e. The Morgan fingerprint density at radius 2 is 1.77 bits per heavy atom. The van der Waals surface area contributed by atoms with Crippen molar-refractivity contribution in [3.63, 3.8) is 0 Å². The third-order valence-corrected chi connectivity index (χ3v) is 8.87. The summed E-state index contributed by atoms with van der Waals surface area (Å²) in [6.45, 7) is 10.9. The Hall–Kier alpha value is -3.65. The molecule has 40 heavy (non-hydrogen) atoms. The molecule has 0 spiro atoms. The van der Waals surface area contributed by atoms with Crippen LogP contribution < -0.4 is 19.7 Å². The first kappa shape index (κ1) is 27.9. The summed E-state index contributed by atoms with van der Waals surface area (Å²) in [5.74, 6) is 2.13. The molecule has 0 saturated carbocycles. The molecule has 7 nitrogen and oxygen atoms in total. The van der Waals surface area contributed by atoms with Gasteiger partial charge in [-0.2, -0.15) is 0 Å². The number of methoxy groups -OCH3 is 1. The first-order valence-corrected chi connectivity index (χ1v) is 14.3. The lowest BCUT2D eigenvalue weighted by Gasteiger charge is -2.42. The van der Waals surface area contributed by atoms with Crippen LogP contribution in [0.3, 0.4) is 0 Å². The van der Waals surface area contributed by atoms with E-state index in [1.807, 2.05) is 56.0 Å². The van der Waals surface area contributed by atoms with Crippen LogP contribution in [-0.2, 0) is 11.2 Å². The van der Waals surface area contributed by atoms with Gasteiger partial charge in [0.1, 0.15) is 17.3 Å². The standard InChI is InChI=1S/C32H38N4O3S/c1-20-21(2)29-25(22(3)28(20)38-5)14-15-32(4,39-29)31(37)36-18-16-35(17-19-36)24-12-10-23(11-13-24)34-30(33)26-8-6-7-9-27(26)40/h6-8,10-13H,9,14-19H2,1-5H3,(H2,33,34). The summed E-state index contributed by atoms with van der Waals surface area (Å²) in [7, 11) is 1.71. The number of amides is 1. The van der Waals surface area contributed by atoms with Gasteiger partial charge in [-0.15, -0.1) is 0 Å². The van der Waals surface area contributed by atoms with Crippen LogP contribution in [0.4, 0.5) is 11.4 Å². The zero-order valence-electron chi connectivity index (χ0n) is 24.0. The van der Waals surface area contributed by atoms with E-state index in [2.05, 4.69) is 29.3 Å². The van der Waals surface area contributed by atoms with Crippen LogP contribution in [0.5, 0.6) is 11.5 Å². The molecule has 2 aromatic carbocycles. The number of amidine groups is 1. The lowest BCUT2D eigenvalue weighted by molar-refractivity contribution is -0.148. The summed E-state index contributed by atoms with van der Waals surface area (Å²) >= 11 is 5.40. The molecule has 8 heteroatoms. The Balaban J connectivity index is 1.20. The van der Waals surface area contributed by atoms with E-state index in [0.717, 1.165) is 75.1 Å². The fraction of sp³-hybridized carbons (Fsp3) is 0.406. The Bertz CT molecular complexity index is 1420. The number of rotatable bonds is 5. The van der Waals surface area contributed by atoms with Gasteiger partial charge in [-0.3, -0.25) is 10.2 Å². The van der Waals surface area contributed by atoms with Gasteiger partial charge in [0.25, 0.3) is 5.91 Å². The maximum Gasteiger partial charge on any atom is 0.266 e. The first-order chi connectivity index (χ1) is 19.1. The average molecular weight is 559 g/mol. The minimum absolute atomic E-state index is 0.0613. The van der Waals surface area contributed by atoms with Gasteiger partial charge in [0.05, 0.1) is 7.11 Å². The van der Waals surface area contributed by atoms with Gasteiger partial charge >= 0.3 is 0 Å². The molecule has 3 aliphatic rings. The number of fused-ring (bicyclic) bond motifs is 1. The van der Waals surface area contributed by atoms with Gasteiger partial charge in [0.15, 0.2) is 5.60 Å². The zero-order chi connectivity index (χ0) is 28.6. The zero-order valence-corrected chi connectivity index (χ0v) is 24.8. The third kappa shape index (κ3) is 5.12. The fourth-order valence-electron chi connectivity index (χ4n) is 5.93. The van der Waals surface area contributed by atoms with Crippen molar-refractivity contribution in [2.45, 2.75) is 52.6 Å². The summed E-state index contributed by atoms with van der Waals surface area (Å²) in [4.78, 5) is 18.8. The van der Waals surface area contributed by atoms with Crippen LogP contribution in [0.15, 0.2) is 48.1 Å². The summed E-state index contributed by atoms with van der Waals surface area (Å²) in [6, 6.07) is 8.09. The van der Waals surface area contributed by atoms with E-state index < -0.39 is 5.60 Å². The highest BCUT2D eigenvalue weighted by Crippen LogP contribution is 2.44. The molecule has 1 amide bonds. The van der Waals surface area contributed by atoms with E-state index in [1.165, 1.54) is 0 Å². The molecular formula is C32H38N4O3S. The number of nitrogens with one attached hydrogen (secondary N) is 2. The number of carbonyl (C=O) groups excluding carboxylic acids is 1. The Morgan fingerprint density at radius 3 is 2.42 bits per heavy atom. The minimum Gasteiger partial charge on any atom is -0.496 e. The number of allylic oxidation sites excluding steroid dienone is 3. The Labute approximate surface area is 242 Å². The second-order valence-electron chi connectivity index (χ2n) is 11.0. The normalized spacial score (nSPS) is 20.4. The minimum atomic E-state index is -0.878. The molecule has 1 atom stereocenters. The first-order valence-electron chi connectivity index (χ1n) is 13.9. The van der Waals surface area contributed by atoms with Crippen molar-refractivity contribution < 1.29 is 14.3 Å². The molecule has 0 bridgehead atoms. The predicted octanol–water partition coefficient (Wildman–Crippen LogP) is 5.70. The van der Waals surface area contributed by atoms with Crippen molar-refractivity contribution in [1.29, 1.82) is 5.41 Å². The van der Waals surface area contributed by atoms with Gasteiger partial charge in [0.2, 0.25) is 0 Å². The number of hydrogen-bond donors (Lipinski definition) is 2. The van der Waals surface area contributed by atoms with Crippen molar-refractivity contribution in [2.75, 3.05) is 43.5 Å². The monoisotopic (exact) mass is 558 g/mol. The highest BCUT2D eigenvalue weighted by molar-refractivity contribution is 7.81. The van der Waals surface area contributed by atoms with Crippen molar-refractivity contribution in [2.24, 2.45) is 0 Å². The molecule has 0 aromatic heterocycles. The molecular weight excluding hydrogens is 520 g/mol. The number of hydrogen-bond acceptors (Lipinski definition) is 6. The number of anilines is 2. The number of nitrogens with zero attached hydrogens (tertiary/aromatic N) is 2. The number of carbonyl (C=O) groups is 1. The molecule has 1 fully saturated rings. The van der Waals surface area contributed by atoms with Gasteiger partial charge in [-0.25, -0.2) is 0 Å². The molecule has 1 aliphatic carbocycles. The van der Waals surface area contributed by atoms with E-state index >= 15 is 0 Å². The van der Waals surface area contributed by atoms with Crippen LogP contribution in [0, 0.1) is 26.2 Å². The maximum atomic E-state index is 13.7. The third-order valence-electron chi connectivity index (χ3n) is 8.49. The van der Waals surface area contributed by atoms with Gasteiger partial charge < -0.3 is 24.6 Å². The molecule has 2 N–H and O–H groups in total. The SMILES string of the molecule is COc1c(C)c(C)c2c(c1C)CCC(C)(C(=O)N1CCN(c3ccc(NC(=N)C4=CC=CCC4=S)cc3)CC1)O2. The number of piperazine rings is 1. The molecule has 2 heterocycles. The predicted molar refractivity (Wildman–Crippen MR) is 166 cm³/mol. The van der Waals surface area contributed by atoms with E-state index in [0.29, 0.717) is 31.8 Å². The van der Waals surface area contributed by atoms with Crippen molar-refractivity contribution in [3.05, 3.63) is 70.3 Å². The second kappa shape index (κ2) is 11.1. The van der Waals surface area contributed by atoms with Gasteiger partial charge in [0, 0.05) is 66.4 Å². The fourth-order valence-corrected chi connectivity index (χ4v) is 6.19. The number of thiocarbonyl (C=S) groups is 1. The molecule has 2 aliphatic heterocycles. The molecule has 0 radical (unpaired) electrons. The highest BCUT2D eigenvalue weighted by atomic mass is 32.1. The smallest absolute Gasteiger partial charge is 0.266 e. The van der Waals surface area contributed by atoms with Crippen LogP contribution in [-0.4, -0.2) is 60.4 Å². The van der Waals surface area contributed by atoms with Crippen molar-refractivity contribution in [3.8, 4) is 11.5 Å². The highest BCUT2D eigenvalue weighted by Gasteiger charge is 2.43. The van der Waals surface area contributed by atoms with Crippen LogP contribution in [0.1, 0.15) is 42.0 Å². The summed E-state index contributed by atoms with van der Waals surface area (Å²) in [5, 5.41) is 11.6. The van der Waals surface area contributed by atoms with Crippen LogP contribution in [0.2, 0.25) is 0 Å². The molecule has 1 saturated heterocycles. The van der Waals surface area contributed by atoms with Crippen molar-refractivity contribution in [1.82, 2.24) is 4.90 Å². The topological polar surface area (TPSA) is 77.9 Å².